The Morgan fingerprint density at radius 2 is 2.17 bits per heavy atom. The molecule has 0 bridgehead atoms. The molecule has 0 aromatic carbocycles. The second-order valence-corrected chi connectivity index (χ2v) is 5.24. The number of aromatic nitrogens is 2. The van der Waals surface area contributed by atoms with E-state index >= 15 is 0 Å². The molecule has 2 rings (SSSR count). The third-order valence-corrected chi connectivity index (χ3v) is 3.09. The van der Waals surface area contributed by atoms with Crippen LogP contribution < -0.4 is 5.73 Å². The fraction of sp³-hybridized carbons (Fsp3) is 0.615. The Morgan fingerprint density at radius 3 is 2.67 bits per heavy atom. The highest BCUT2D eigenvalue weighted by Gasteiger charge is 2.33. The number of rotatable bonds is 5. The van der Waals surface area contributed by atoms with Gasteiger partial charge in [-0.1, -0.05) is 13.8 Å². The van der Waals surface area contributed by atoms with E-state index in [1.54, 1.807) is 0 Å². The van der Waals surface area contributed by atoms with Gasteiger partial charge in [-0.3, -0.25) is 4.79 Å². The monoisotopic (exact) mass is 248 g/mol. The minimum Gasteiger partial charge on any atom is -0.382 e. The summed E-state index contributed by atoms with van der Waals surface area (Å²) in [5.74, 6) is 0.911. The fourth-order valence-electron chi connectivity index (χ4n) is 1.83. The molecular formula is C13H20N4O. The van der Waals surface area contributed by atoms with Crippen LogP contribution in [0.15, 0.2) is 12.4 Å². The van der Waals surface area contributed by atoms with Gasteiger partial charge in [0.1, 0.15) is 11.5 Å². The van der Waals surface area contributed by atoms with Crippen molar-refractivity contribution in [3.05, 3.63) is 18.1 Å². The average Bonchev–Trinajstić information content (AvgIpc) is 3.14. The standard InChI is InChI=1S/C13H20N4O/c1-9(2)5-6-17(10-3-4-10)13(18)11-7-16-12(14)8-15-11/h7-10H,3-6H2,1-2H3,(H2,14,16). The lowest BCUT2D eigenvalue weighted by Crippen LogP contribution is -2.35. The van der Waals surface area contributed by atoms with Crippen LogP contribution in [0.3, 0.4) is 0 Å². The quantitative estimate of drug-likeness (QED) is 0.861. The van der Waals surface area contributed by atoms with Crippen molar-refractivity contribution in [1.82, 2.24) is 14.9 Å². The highest BCUT2D eigenvalue weighted by molar-refractivity contribution is 5.92. The Balaban J connectivity index is 2.05. The first-order valence-corrected chi connectivity index (χ1v) is 6.46. The molecule has 0 atom stereocenters. The van der Waals surface area contributed by atoms with Crippen LogP contribution in [0.5, 0.6) is 0 Å². The van der Waals surface area contributed by atoms with Gasteiger partial charge in [-0.15, -0.1) is 0 Å². The minimum atomic E-state index is -0.0225. The molecule has 1 amide bonds. The van der Waals surface area contributed by atoms with Gasteiger partial charge in [0.25, 0.3) is 5.91 Å². The number of hydrogen-bond donors (Lipinski definition) is 1. The molecule has 5 heteroatoms. The molecule has 0 radical (unpaired) electrons. The number of nitrogens with two attached hydrogens (primary N) is 1. The van der Waals surface area contributed by atoms with Crippen molar-refractivity contribution < 1.29 is 4.79 Å². The van der Waals surface area contributed by atoms with E-state index in [4.69, 9.17) is 5.73 Å². The molecule has 2 N–H and O–H groups in total. The van der Waals surface area contributed by atoms with Gasteiger partial charge in [-0.2, -0.15) is 0 Å². The summed E-state index contributed by atoms with van der Waals surface area (Å²) in [5.41, 5.74) is 5.86. The fourth-order valence-corrected chi connectivity index (χ4v) is 1.83. The molecule has 0 saturated heterocycles. The number of nitrogens with zero attached hydrogens (tertiary/aromatic N) is 3. The van der Waals surface area contributed by atoms with Crippen LogP contribution in [0.2, 0.25) is 0 Å². The Hall–Kier alpha value is -1.65. The summed E-state index contributed by atoms with van der Waals surface area (Å²) in [6, 6.07) is 0.399. The molecular weight excluding hydrogens is 228 g/mol. The van der Waals surface area contributed by atoms with Crippen LogP contribution in [0.1, 0.15) is 43.6 Å². The number of anilines is 1. The number of carbonyl (C=O) groups is 1. The van der Waals surface area contributed by atoms with E-state index in [0.717, 1.165) is 25.8 Å². The molecule has 1 aromatic heterocycles. The van der Waals surface area contributed by atoms with Crippen molar-refractivity contribution in [2.75, 3.05) is 12.3 Å². The number of amides is 1. The number of nitrogen functional groups attached to an aromatic ring is 1. The smallest absolute Gasteiger partial charge is 0.274 e. The van der Waals surface area contributed by atoms with E-state index in [2.05, 4.69) is 23.8 Å². The first-order chi connectivity index (χ1) is 8.58. The van der Waals surface area contributed by atoms with E-state index in [-0.39, 0.29) is 5.91 Å². The summed E-state index contributed by atoms with van der Waals surface area (Å²) in [6.07, 6.45) is 6.12. The van der Waals surface area contributed by atoms with E-state index in [9.17, 15) is 4.79 Å². The normalized spacial score (nSPS) is 14.8. The van der Waals surface area contributed by atoms with Crippen molar-refractivity contribution >= 4 is 11.7 Å². The van der Waals surface area contributed by atoms with Crippen molar-refractivity contribution in [2.24, 2.45) is 5.92 Å². The number of carbonyl (C=O) groups excluding carboxylic acids is 1. The first kappa shape index (κ1) is 12.8. The van der Waals surface area contributed by atoms with E-state index in [0.29, 0.717) is 23.5 Å². The topological polar surface area (TPSA) is 72.1 Å². The highest BCUT2D eigenvalue weighted by Crippen LogP contribution is 2.28. The molecule has 0 unspecified atom stereocenters. The predicted molar refractivity (Wildman–Crippen MR) is 70.0 cm³/mol. The zero-order valence-electron chi connectivity index (χ0n) is 11.0. The van der Waals surface area contributed by atoms with Crippen LogP contribution in [0.4, 0.5) is 5.82 Å². The van der Waals surface area contributed by atoms with Gasteiger partial charge in [0.05, 0.1) is 12.4 Å². The van der Waals surface area contributed by atoms with Gasteiger partial charge in [0.15, 0.2) is 0 Å². The van der Waals surface area contributed by atoms with Gasteiger partial charge in [-0.25, -0.2) is 9.97 Å². The van der Waals surface area contributed by atoms with Crippen LogP contribution in [-0.2, 0) is 0 Å². The minimum absolute atomic E-state index is 0.0225. The maximum atomic E-state index is 12.3. The van der Waals surface area contributed by atoms with Gasteiger partial charge < -0.3 is 10.6 Å². The van der Waals surface area contributed by atoms with Gasteiger partial charge >= 0.3 is 0 Å². The molecule has 1 aliphatic rings. The molecule has 0 spiro atoms. The zero-order valence-corrected chi connectivity index (χ0v) is 11.0. The van der Waals surface area contributed by atoms with Crippen molar-refractivity contribution in [3.8, 4) is 0 Å². The molecule has 1 aromatic rings. The molecule has 5 nitrogen and oxygen atoms in total. The summed E-state index contributed by atoms with van der Waals surface area (Å²) in [4.78, 5) is 22.2. The van der Waals surface area contributed by atoms with E-state index < -0.39 is 0 Å². The van der Waals surface area contributed by atoms with Crippen LogP contribution in [0.25, 0.3) is 0 Å². The lowest BCUT2D eigenvalue weighted by molar-refractivity contribution is 0.0729. The zero-order chi connectivity index (χ0) is 13.1. The maximum Gasteiger partial charge on any atom is 0.274 e. The summed E-state index contributed by atoms with van der Waals surface area (Å²) in [7, 11) is 0. The van der Waals surface area contributed by atoms with Crippen LogP contribution in [0, 0.1) is 5.92 Å². The van der Waals surface area contributed by atoms with Crippen molar-refractivity contribution in [2.45, 2.75) is 39.2 Å². The molecule has 98 valence electrons. The van der Waals surface area contributed by atoms with Crippen LogP contribution >= 0.6 is 0 Å². The first-order valence-electron chi connectivity index (χ1n) is 6.46. The van der Waals surface area contributed by atoms with E-state index in [1.807, 2.05) is 4.90 Å². The molecule has 1 fully saturated rings. The molecule has 0 aliphatic heterocycles. The van der Waals surface area contributed by atoms with Crippen molar-refractivity contribution in [3.63, 3.8) is 0 Å². The van der Waals surface area contributed by atoms with Crippen molar-refractivity contribution in [1.29, 1.82) is 0 Å². The second-order valence-electron chi connectivity index (χ2n) is 5.24. The van der Waals surface area contributed by atoms with E-state index in [1.165, 1.54) is 12.4 Å². The Kier molecular flexibility index (Phi) is 3.79. The number of hydrogen-bond acceptors (Lipinski definition) is 4. The van der Waals surface area contributed by atoms with Gasteiger partial charge in [0, 0.05) is 12.6 Å². The summed E-state index contributed by atoms with van der Waals surface area (Å²) >= 11 is 0. The average molecular weight is 248 g/mol. The maximum absolute atomic E-state index is 12.3. The molecule has 1 heterocycles. The largest absolute Gasteiger partial charge is 0.382 e. The summed E-state index contributed by atoms with van der Waals surface area (Å²) in [5, 5.41) is 0. The molecule has 18 heavy (non-hydrogen) atoms. The molecule has 1 aliphatic carbocycles. The lowest BCUT2D eigenvalue weighted by Gasteiger charge is -2.22. The Labute approximate surface area is 107 Å². The summed E-state index contributed by atoms with van der Waals surface area (Å²) in [6.45, 7) is 5.13. The Bertz CT molecular complexity index is 412. The highest BCUT2D eigenvalue weighted by atomic mass is 16.2. The lowest BCUT2D eigenvalue weighted by atomic mass is 10.1. The molecule has 1 saturated carbocycles. The Morgan fingerprint density at radius 1 is 1.44 bits per heavy atom. The summed E-state index contributed by atoms with van der Waals surface area (Å²) < 4.78 is 0. The second kappa shape index (κ2) is 5.33. The third-order valence-electron chi connectivity index (χ3n) is 3.09. The van der Waals surface area contributed by atoms with Gasteiger partial charge in [-0.05, 0) is 25.2 Å². The third kappa shape index (κ3) is 3.18. The van der Waals surface area contributed by atoms with Gasteiger partial charge in [0.2, 0.25) is 0 Å². The predicted octanol–water partition coefficient (Wildman–Crippen LogP) is 1.71. The van der Waals surface area contributed by atoms with Crippen LogP contribution in [-0.4, -0.2) is 33.4 Å². The SMILES string of the molecule is CC(C)CCN(C(=O)c1cnc(N)cn1)C1CC1.